The number of aryl methyl sites for hydroxylation is 1. The van der Waals surface area contributed by atoms with Crippen LogP contribution in [0, 0.1) is 6.92 Å². The Balaban J connectivity index is 1.78. The first-order chi connectivity index (χ1) is 10.5. The lowest BCUT2D eigenvalue weighted by Crippen LogP contribution is -2.38. The molecule has 5 heteroatoms. The largest absolute Gasteiger partial charge is 0.451 e. The van der Waals surface area contributed by atoms with Gasteiger partial charge in [0.05, 0.1) is 6.54 Å². The van der Waals surface area contributed by atoms with Gasteiger partial charge >= 0.3 is 0 Å². The van der Waals surface area contributed by atoms with Crippen LogP contribution >= 0.6 is 11.3 Å². The molecule has 0 aliphatic carbocycles. The van der Waals surface area contributed by atoms with Gasteiger partial charge in [0.1, 0.15) is 11.2 Å². The van der Waals surface area contributed by atoms with Crippen LogP contribution in [0.25, 0.3) is 11.0 Å². The van der Waals surface area contributed by atoms with Gasteiger partial charge in [-0.15, -0.1) is 11.3 Å². The number of thiophene rings is 1. The average Bonchev–Trinajstić information content (AvgIpc) is 3.14. The molecule has 0 bridgehead atoms. The Morgan fingerprint density at radius 3 is 2.77 bits per heavy atom. The molecule has 2 heterocycles. The number of nitrogens with one attached hydrogen (secondary N) is 1. The SMILES string of the molecule is Cc1c(C(=O)NCC(C)(O)c2cccs2)oc2ccccc12. The fourth-order valence-corrected chi connectivity index (χ4v) is 3.18. The first-order valence-electron chi connectivity index (χ1n) is 7.02. The molecule has 0 saturated carbocycles. The van der Waals surface area contributed by atoms with E-state index >= 15 is 0 Å². The van der Waals surface area contributed by atoms with E-state index in [2.05, 4.69) is 5.32 Å². The third-order valence-electron chi connectivity index (χ3n) is 3.70. The molecule has 2 aromatic heterocycles. The Labute approximate surface area is 132 Å². The fourth-order valence-electron chi connectivity index (χ4n) is 2.40. The number of carbonyl (C=O) groups is 1. The minimum absolute atomic E-state index is 0.128. The van der Waals surface area contributed by atoms with E-state index in [1.54, 1.807) is 6.92 Å². The Morgan fingerprint density at radius 1 is 1.32 bits per heavy atom. The molecule has 0 aliphatic heterocycles. The van der Waals surface area contributed by atoms with Crippen LogP contribution in [0.5, 0.6) is 0 Å². The number of aliphatic hydroxyl groups is 1. The molecule has 3 aromatic rings. The molecule has 114 valence electrons. The Bertz CT molecular complexity index is 803. The number of furan rings is 1. The predicted octanol–water partition coefficient (Wildman–Crippen LogP) is 3.44. The first-order valence-corrected chi connectivity index (χ1v) is 7.90. The van der Waals surface area contributed by atoms with Crippen molar-refractivity contribution in [2.24, 2.45) is 0 Å². The summed E-state index contributed by atoms with van der Waals surface area (Å²) in [5.41, 5.74) is 0.406. The van der Waals surface area contributed by atoms with E-state index < -0.39 is 5.60 Å². The van der Waals surface area contributed by atoms with Gasteiger partial charge in [-0.3, -0.25) is 4.79 Å². The molecule has 3 rings (SSSR count). The standard InChI is InChI=1S/C17H17NO3S/c1-11-12-6-3-4-7-13(12)21-15(11)16(19)18-10-17(2,20)14-8-5-9-22-14/h3-9,20H,10H2,1-2H3,(H,18,19). The lowest BCUT2D eigenvalue weighted by atomic mass is 10.1. The molecule has 4 nitrogen and oxygen atoms in total. The van der Waals surface area contributed by atoms with Gasteiger partial charge in [-0.25, -0.2) is 0 Å². The molecule has 0 saturated heterocycles. The summed E-state index contributed by atoms with van der Waals surface area (Å²) in [7, 11) is 0. The first kappa shape index (κ1) is 14.8. The highest BCUT2D eigenvalue weighted by Gasteiger charge is 2.26. The van der Waals surface area contributed by atoms with E-state index in [1.165, 1.54) is 11.3 Å². The summed E-state index contributed by atoms with van der Waals surface area (Å²) in [5, 5.41) is 16.0. The van der Waals surface area contributed by atoms with E-state index in [0.717, 1.165) is 15.8 Å². The van der Waals surface area contributed by atoms with Gasteiger partial charge in [-0.2, -0.15) is 0 Å². The zero-order valence-electron chi connectivity index (χ0n) is 12.4. The van der Waals surface area contributed by atoms with Crippen LogP contribution in [0.1, 0.15) is 27.9 Å². The van der Waals surface area contributed by atoms with Crippen LogP contribution in [0.2, 0.25) is 0 Å². The maximum atomic E-state index is 12.3. The number of rotatable bonds is 4. The van der Waals surface area contributed by atoms with E-state index in [4.69, 9.17) is 4.42 Å². The maximum Gasteiger partial charge on any atom is 0.287 e. The van der Waals surface area contributed by atoms with Gasteiger partial charge in [0.25, 0.3) is 5.91 Å². The van der Waals surface area contributed by atoms with Gasteiger partial charge in [-0.05, 0) is 31.4 Å². The van der Waals surface area contributed by atoms with Crippen molar-refractivity contribution in [2.75, 3.05) is 6.54 Å². The van der Waals surface area contributed by atoms with Crippen LogP contribution in [0.15, 0.2) is 46.2 Å². The number of carbonyl (C=O) groups excluding carboxylic acids is 1. The second kappa shape index (κ2) is 5.59. The van der Waals surface area contributed by atoms with Crippen molar-refractivity contribution >= 4 is 28.2 Å². The summed E-state index contributed by atoms with van der Waals surface area (Å²) in [6.07, 6.45) is 0. The van der Waals surface area contributed by atoms with Crippen LogP contribution in [-0.4, -0.2) is 17.6 Å². The molecule has 22 heavy (non-hydrogen) atoms. The molecule has 0 aliphatic rings. The van der Waals surface area contributed by atoms with Crippen molar-refractivity contribution in [1.29, 1.82) is 0 Å². The van der Waals surface area contributed by atoms with Crippen LogP contribution in [0.4, 0.5) is 0 Å². The Kier molecular flexibility index (Phi) is 3.76. The topological polar surface area (TPSA) is 62.5 Å². The monoisotopic (exact) mass is 315 g/mol. The summed E-state index contributed by atoms with van der Waals surface area (Å²) in [4.78, 5) is 13.2. The third kappa shape index (κ3) is 2.65. The predicted molar refractivity (Wildman–Crippen MR) is 87.2 cm³/mol. The minimum Gasteiger partial charge on any atom is -0.451 e. The van der Waals surface area contributed by atoms with Crippen molar-refractivity contribution < 1.29 is 14.3 Å². The Hall–Kier alpha value is -2.11. The van der Waals surface area contributed by atoms with Gasteiger partial charge in [0.15, 0.2) is 5.76 Å². The van der Waals surface area contributed by atoms with E-state index in [0.29, 0.717) is 11.3 Å². The highest BCUT2D eigenvalue weighted by Crippen LogP contribution is 2.26. The molecular formula is C17H17NO3S. The van der Waals surface area contributed by atoms with Crippen molar-refractivity contribution in [2.45, 2.75) is 19.4 Å². The minimum atomic E-state index is -1.09. The van der Waals surface area contributed by atoms with Crippen molar-refractivity contribution in [1.82, 2.24) is 5.32 Å². The normalized spacial score (nSPS) is 14.0. The number of amides is 1. The number of benzene rings is 1. The second-order valence-electron chi connectivity index (χ2n) is 5.49. The molecule has 1 atom stereocenters. The van der Waals surface area contributed by atoms with Crippen molar-refractivity contribution in [3.8, 4) is 0 Å². The van der Waals surface area contributed by atoms with E-state index in [9.17, 15) is 9.90 Å². The molecule has 0 spiro atoms. The zero-order valence-corrected chi connectivity index (χ0v) is 13.2. The third-order valence-corrected chi connectivity index (χ3v) is 4.82. The summed E-state index contributed by atoms with van der Waals surface area (Å²) in [6.45, 7) is 3.67. The van der Waals surface area contributed by atoms with Crippen molar-refractivity contribution in [3.63, 3.8) is 0 Å². The van der Waals surface area contributed by atoms with Crippen LogP contribution in [0.3, 0.4) is 0 Å². The summed E-state index contributed by atoms with van der Waals surface area (Å²) >= 11 is 1.46. The smallest absolute Gasteiger partial charge is 0.287 e. The highest BCUT2D eigenvalue weighted by molar-refractivity contribution is 7.10. The summed E-state index contributed by atoms with van der Waals surface area (Å²) in [6, 6.07) is 11.3. The Morgan fingerprint density at radius 2 is 2.09 bits per heavy atom. The quantitative estimate of drug-likeness (QED) is 0.775. The maximum absolute atomic E-state index is 12.3. The van der Waals surface area contributed by atoms with Crippen LogP contribution < -0.4 is 5.32 Å². The highest BCUT2D eigenvalue weighted by atomic mass is 32.1. The average molecular weight is 315 g/mol. The fraction of sp³-hybridized carbons (Fsp3) is 0.235. The van der Waals surface area contributed by atoms with Gasteiger partial charge < -0.3 is 14.8 Å². The number of para-hydroxylation sites is 1. The van der Waals surface area contributed by atoms with Gasteiger partial charge in [0.2, 0.25) is 0 Å². The number of hydrogen-bond acceptors (Lipinski definition) is 4. The van der Waals surface area contributed by atoms with Gasteiger partial charge in [0, 0.05) is 15.8 Å². The second-order valence-corrected chi connectivity index (χ2v) is 6.43. The lowest BCUT2D eigenvalue weighted by molar-refractivity contribution is 0.0548. The summed E-state index contributed by atoms with van der Waals surface area (Å²) < 4.78 is 5.63. The molecule has 0 fully saturated rings. The molecule has 1 aromatic carbocycles. The molecule has 0 radical (unpaired) electrons. The van der Waals surface area contributed by atoms with Gasteiger partial charge in [-0.1, -0.05) is 24.3 Å². The molecular weight excluding hydrogens is 298 g/mol. The summed E-state index contributed by atoms with van der Waals surface area (Å²) in [5.74, 6) is -0.0197. The van der Waals surface area contributed by atoms with E-state index in [-0.39, 0.29) is 12.5 Å². The molecule has 2 N–H and O–H groups in total. The lowest BCUT2D eigenvalue weighted by Gasteiger charge is -2.22. The molecule has 1 unspecified atom stereocenters. The zero-order chi connectivity index (χ0) is 15.7. The number of hydrogen-bond donors (Lipinski definition) is 2. The molecule has 1 amide bonds. The van der Waals surface area contributed by atoms with Crippen molar-refractivity contribution in [3.05, 3.63) is 58.0 Å². The van der Waals surface area contributed by atoms with E-state index in [1.807, 2.05) is 48.7 Å². The van der Waals surface area contributed by atoms with Crippen LogP contribution in [-0.2, 0) is 5.60 Å². The number of fused-ring (bicyclic) bond motifs is 1.